The van der Waals surface area contributed by atoms with Crippen LogP contribution in [0.4, 0.5) is 8.78 Å². The van der Waals surface area contributed by atoms with E-state index in [1.165, 1.54) is 6.08 Å². The molecule has 2 aliphatic heterocycles. The summed E-state index contributed by atoms with van der Waals surface area (Å²) in [5.41, 5.74) is 6.38. The third kappa shape index (κ3) is 4.39. The maximum atomic E-state index is 14.0. The number of nitrogens with one attached hydrogen (secondary N) is 1. The number of rotatable bonds is 7. The Morgan fingerprint density at radius 3 is 2.50 bits per heavy atom. The highest BCUT2D eigenvalue weighted by Gasteiger charge is 2.37. The molecule has 2 amide bonds. The van der Waals surface area contributed by atoms with Crippen molar-refractivity contribution in [1.82, 2.24) is 34.8 Å². The molecule has 3 aromatic heterocycles. The first-order chi connectivity index (χ1) is 17.4. The summed E-state index contributed by atoms with van der Waals surface area (Å²) < 4.78 is 29.5. The van der Waals surface area contributed by atoms with Crippen LogP contribution in [-0.2, 0) is 4.79 Å². The lowest BCUT2D eigenvalue weighted by Crippen LogP contribution is -2.56. The molecule has 0 radical (unpaired) electrons. The molecular formula is C24H26F2N8O2. The number of carbonyl (C=O) groups excluding carboxylic acids is 2. The van der Waals surface area contributed by atoms with Gasteiger partial charge in [-0.05, 0) is 37.1 Å². The summed E-state index contributed by atoms with van der Waals surface area (Å²) in [5, 5.41) is 10.8. The van der Waals surface area contributed by atoms with Gasteiger partial charge >= 0.3 is 0 Å². The van der Waals surface area contributed by atoms with Crippen LogP contribution in [0.15, 0.2) is 43.2 Å². The van der Waals surface area contributed by atoms with E-state index in [0.29, 0.717) is 43.6 Å². The molecule has 10 nitrogen and oxygen atoms in total. The van der Waals surface area contributed by atoms with E-state index in [2.05, 4.69) is 31.8 Å². The van der Waals surface area contributed by atoms with E-state index in [0.717, 1.165) is 12.8 Å². The first kappa shape index (κ1) is 23.8. The van der Waals surface area contributed by atoms with Crippen molar-refractivity contribution in [3.05, 3.63) is 54.6 Å². The van der Waals surface area contributed by atoms with Gasteiger partial charge in [0.2, 0.25) is 5.91 Å². The van der Waals surface area contributed by atoms with Gasteiger partial charge in [0.1, 0.15) is 11.4 Å². The number of carbonyl (C=O) groups is 2. The minimum Gasteiger partial charge on any atom is -0.364 e. The summed E-state index contributed by atoms with van der Waals surface area (Å²) in [6.45, 7) is 6.23. The number of aromatic amines is 1. The fourth-order valence-corrected chi connectivity index (χ4v) is 4.91. The number of hydrogen-bond donors (Lipinski definition) is 2. The average molecular weight is 497 g/mol. The van der Waals surface area contributed by atoms with Crippen molar-refractivity contribution in [3.63, 3.8) is 0 Å². The summed E-state index contributed by atoms with van der Waals surface area (Å²) in [4.78, 5) is 32.4. The molecule has 3 aromatic rings. The molecule has 0 aromatic carbocycles. The maximum absolute atomic E-state index is 14.0. The number of amides is 2. The fraction of sp³-hybridized carbons (Fsp3) is 0.375. The van der Waals surface area contributed by atoms with Crippen LogP contribution in [0.3, 0.4) is 0 Å². The Bertz CT molecular complexity index is 1280. The second-order valence-corrected chi connectivity index (χ2v) is 9.00. The third-order valence-corrected chi connectivity index (χ3v) is 6.89. The van der Waals surface area contributed by atoms with Gasteiger partial charge in [-0.3, -0.25) is 24.3 Å². The van der Waals surface area contributed by atoms with Crippen molar-refractivity contribution < 1.29 is 18.4 Å². The molecule has 0 aliphatic carbocycles. The van der Waals surface area contributed by atoms with Crippen LogP contribution < -0.4 is 5.73 Å². The van der Waals surface area contributed by atoms with Crippen LogP contribution in [0.1, 0.15) is 41.5 Å². The smallest absolute Gasteiger partial charge is 0.282 e. The Labute approximate surface area is 205 Å². The predicted molar refractivity (Wildman–Crippen MR) is 127 cm³/mol. The SMILES string of the molecule is C=CC(=O)N1CCC(N2CC(n3cc(-c4ccc(-c5ccn[nH]5)nc4C(N)=O)c(C(F)F)n3)C2)CC1. The molecule has 2 fully saturated rings. The molecule has 12 heteroatoms. The number of primary amides is 1. The number of nitrogens with zero attached hydrogens (tertiary/aromatic N) is 6. The van der Waals surface area contributed by atoms with Gasteiger partial charge in [-0.2, -0.15) is 10.2 Å². The number of halogens is 2. The molecule has 188 valence electrons. The summed E-state index contributed by atoms with van der Waals surface area (Å²) in [6, 6.07) is 5.12. The molecule has 0 spiro atoms. The zero-order valence-electron chi connectivity index (χ0n) is 19.5. The zero-order valence-corrected chi connectivity index (χ0v) is 19.5. The van der Waals surface area contributed by atoms with Gasteiger partial charge < -0.3 is 10.6 Å². The van der Waals surface area contributed by atoms with E-state index in [1.807, 2.05) is 0 Å². The summed E-state index contributed by atoms with van der Waals surface area (Å²) in [7, 11) is 0. The second kappa shape index (κ2) is 9.61. The highest BCUT2D eigenvalue weighted by molar-refractivity contribution is 5.98. The van der Waals surface area contributed by atoms with Gasteiger partial charge in [-0.1, -0.05) is 6.58 Å². The largest absolute Gasteiger partial charge is 0.364 e. The van der Waals surface area contributed by atoms with E-state index in [-0.39, 0.29) is 28.8 Å². The van der Waals surface area contributed by atoms with Crippen molar-refractivity contribution in [2.45, 2.75) is 31.4 Å². The quantitative estimate of drug-likeness (QED) is 0.484. The Kier molecular flexibility index (Phi) is 6.35. The van der Waals surface area contributed by atoms with Crippen molar-refractivity contribution in [2.24, 2.45) is 5.73 Å². The van der Waals surface area contributed by atoms with Gasteiger partial charge in [0.15, 0.2) is 0 Å². The maximum Gasteiger partial charge on any atom is 0.282 e. The van der Waals surface area contributed by atoms with Gasteiger partial charge in [0.25, 0.3) is 12.3 Å². The zero-order chi connectivity index (χ0) is 25.4. The minimum atomic E-state index is -2.84. The Morgan fingerprint density at radius 2 is 1.89 bits per heavy atom. The molecule has 0 unspecified atom stereocenters. The highest BCUT2D eigenvalue weighted by Crippen LogP contribution is 2.36. The normalized spacial score (nSPS) is 17.4. The van der Waals surface area contributed by atoms with Gasteiger partial charge in [-0.15, -0.1) is 0 Å². The van der Waals surface area contributed by atoms with Gasteiger partial charge in [0, 0.05) is 55.7 Å². The molecule has 5 heterocycles. The summed E-state index contributed by atoms with van der Waals surface area (Å²) >= 11 is 0. The van der Waals surface area contributed by atoms with Crippen molar-refractivity contribution in [2.75, 3.05) is 26.2 Å². The number of aromatic nitrogens is 5. The molecular weight excluding hydrogens is 470 g/mol. The molecule has 0 saturated carbocycles. The van der Waals surface area contributed by atoms with E-state index in [1.54, 1.807) is 40.2 Å². The van der Waals surface area contributed by atoms with Crippen LogP contribution in [0, 0.1) is 0 Å². The predicted octanol–water partition coefficient (Wildman–Crippen LogP) is 2.41. The first-order valence-electron chi connectivity index (χ1n) is 11.7. The topological polar surface area (TPSA) is 126 Å². The summed E-state index contributed by atoms with van der Waals surface area (Å²) in [6.07, 6.45) is 3.30. The number of likely N-dealkylation sites (tertiary alicyclic amines) is 2. The standard InChI is InChI=1S/C24H26F2N8O2/c1-2-20(35)32-9-6-14(7-10-32)33-11-15(12-33)34-13-17(21(31-34)23(25)26)16-3-4-18(19-5-8-28-30-19)29-22(16)24(27)36/h2-5,8,13-15,23H,1,6-7,9-12H2,(H2,27,36)(H,28,30). The minimum absolute atomic E-state index is 0.0547. The first-order valence-corrected chi connectivity index (χ1v) is 11.7. The van der Waals surface area contributed by atoms with Crippen LogP contribution in [0.25, 0.3) is 22.5 Å². The number of alkyl halides is 2. The molecule has 2 saturated heterocycles. The molecule has 3 N–H and O–H groups in total. The van der Waals surface area contributed by atoms with Crippen molar-refractivity contribution >= 4 is 11.8 Å². The average Bonchev–Trinajstić information content (AvgIpc) is 3.53. The molecule has 0 atom stereocenters. The van der Waals surface area contributed by atoms with E-state index < -0.39 is 18.0 Å². The Hall–Kier alpha value is -3.93. The lowest BCUT2D eigenvalue weighted by Gasteiger charge is -2.47. The number of nitrogens with two attached hydrogens (primary N) is 1. The Balaban J connectivity index is 1.35. The monoisotopic (exact) mass is 496 g/mol. The number of piperidine rings is 1. The van der Waals surface area contributed by atoms with Crippen LogP contribution in [-0.4, -0.2) is 78.8 Å². The second-order valence-electron chi connectivity index (χ2n) is 9.00. The lowest BCUT2D eigenvalue weighted by molar-refractivity contribution is -0.128. The van der Waals surface area contributed by atoms with Crippen molar-refractivity contribution in [3.8, 4) is 22.5 Å². The highest BCUT2D eigenvalue weighted by atomic mass is 19.3. The van der Waals surface area contributed by atoms with Crippen LogP contribution >= 0.6 is 0 Å². The number of hydrogen-bond acceptors (Lipinski definition) is 6. The molecule has 0 bridgehead atoms. The van der Waals surface area contributed by atoms with Crippen molar-refractivity contribution in [1.29, 1.82) is 0 Å². The lowest BCUT2D eigenvalue weighted by atomic mass is 9.97. The summed E-state index contributed by atoms with van der Waals surface area (Å²) in [5.74, 6) is -0.878. The number of pyridine rings is 1. The third-order valence-electron chi connectivity index (χ3n) is 6.89. The number of H-pyrrole nitrogens is 1. The van der Waals surface area contributed by atoms with E-state index in [9.17, 15) is 18.4 Å². The molecule has 5 rings (SSSR count). The Morgan fingerprint density at radius 1 is 1.14 bits per heavy atom. The molecule has 2 aliphatic rings. The van der Waals surface area contributed by atoms with Crippen LogP contribution in [0.2, 0.25) is 0 Å². The fourth-order valence-electron chi connectivity index (χ4n) is 4.91. The molecule has 36 heavy (non-hydrogen) atoms. The van der Waals surface area contributed by atoms with Gasteiger partial charge in [0.05, 0.1) is 17.4 Å². The van der Waals surface area contributed by atoms with E-state index in [4.69, 9.17) is 5.73 Å². The van der Waals surface area contributed by atoms with E-state index >= 15 is 0 Å². The van der Waals surface area contributed by atoms with Crippen LogP contribution in [0.5, 0.6) is 0 Å². The van der Waals surface area contributed by atoms with Gasteiger partial charge in [-0.25, -0.2) is 13.8 Å².